The lowest BCUT2D eigenvalue weighted by Crippen LogP contribution is -2.49. The molecule has 5 aliphatic rings. The molecule has 0 spiro atoms. The molecule has 5 heterocycles. The summed E-state index contributed by atoms with van der Waals surface area (Å²) in [5.41, 5.74) is 12.5. The molecule has 10 rings (SSSR count). The van der Waals surface area contributed by atoms with Crippen LogP contribution in [-0.2, 0) is 11.3 Å². The molecule has 4 aliphatic heterocycles. The highest BCUT2D eigenvalue weighted by atomic mass is 16.5. The number of aromatic nitrogens is 2. The van der Waals surface area contributed by atoms with E-state index in [0.29, 0.717) is 42.2 Å². The summed E-state index contributed by atoms with van der Waals surface area (Å²) < 4.78 is 8.08. The molecule has 1 aliphatic carbocycles. The van der Waals surface area contributed by atoms with Crippen LogP contribution >= 0.6 is 0 Å². The van der Waals surface area contributed by atoms with Gasteiger partial charge in [0.15, 0.2) is 0 Å². The number of benzene rings is 4. The van der Waals surface area contributed by atoms with E-state index in [-0.39, 0.29) is 18.0 Å². The summed E-state index contributed by atoms with van der Waals surface area (Å²) >= 11 is 0. The van der Waals surface area contributed by atoms with Gasteiger partial charge in [0.05, 0.1) is 6.04 Å². The summed E-state index contributed by atoms with van der Waals surface area (Å²) in [6, 6.07) is 35.6. The van der Waals surface area contributed by atoms with Crippen molar-refractivity contribution in [2.45, 2.75) is 76.0 Å². The summed E-state index contributed by atoms with van der Waals surface area (Å²) in [6.07, 6.45) is 8.20. The molecule has 1 aromatic heterocycles. The van der Waals surface area contributed by atoms with Gasteiger partial charge in [-0.3, -0.25) is 24.7 Å². The molecule has 0 unspecified atom stereocenters. The van der Waals surface area contributed by atoms with Crippen molar-refractivity contribution in [3.05, 3.63) is 114 Å². The molecule has 65 heavy (non-hydrogen) atoms. The van der Waals surface area contributed by atoms with Crippen LogP contribution in [0.25, 0.3) is 11.3 Å². The van der Waals surface area contributed by atoms with Crippen molar-refractivity contribution in [2.75, 3.05) is 72.4 Å². The van der Waals surface area contributed by atoms with Crippen LogP contribution < -0.4 is 41.1 Å². The van der Waals surface area contributed by atoms with Gasteiger partial charge in [-0.15, -0.1) is 0 Å². The minimum absolute atomic E-state index is 0.219. The number of imide groups is 1. The first-order valence-corrected chi connectivity index (χ1v) is 23.6. The van der Waals surface area contributed by atoms with Gasteiger partial charge in [0.1, 0.15) is 28.6 Å². The van der Waals surface area contributed by atoms with Crippen LogP contribution in [0.2, 0.25) is 0 Å². The lowest BCUT2D eigenvalue weighted by molar-refractivity contribution is -0.120. The number of amides is 4. The predicted octanol–water partition coefficient (Wildman–Crippen LogP) is 7.38. The van der Waals surface area contributed by atoms with Crippen molar-refractivity contribution in [1.82, 2.24) is 25.3 Å². The number of hydrogen-bond acceptors (Lipinski definition) is 10. The number of piperazine rings is 1. The Balaban J connectivity index is 0.670. The number of primary amides is 1. The van der Waals surface area contributed by atoms with Crippen LogP contribution in [0.1, 0.15) is 73.3 Å². The van der Waals surface area contributed by atoms with E-state index in [9.17, 15) is 14.4 Å². The van der Waals surface area contributed by atoms with E-state index in [1.54, 1.807) is 4.90 Å². The van der Waals surface area contributed by atoms with Gasteiger partial charge >= 0.3 is 6.03 Å². The number of carbonyl (C=O) groups is 3. The molecule has 4 aromatic carbocycles. The Morgan fingerprint density at radius 1 is 0.708 bits per heavy atom. The van der Waals surface area contributed by atoms with Crippen molar-refractivity contribution in [3.63, 3.8) is 0 Å². The molecule has 1 saturated carbocycles. The van der Waals surface area contributed by atoms with E-state index < -0.39 is 5.91 Å². The van der Waals surface area contributed by atoms with Gasteiger partial charge in [0.2, 0.25) is 5.91 Å². The fraction of sp³-hybridized carbons (Fsp3) is 0.412. The van der Waals surface area contributed by atoms with E-state index in [0.717, 1.165) is 119 Å². The van der Waals surface area contributed by atoms with Gasteiger partial charge in [-0.25, -0.2) is 9.48 Å². The molecule has 4 fully saturated rings. The Hall–Kier alpha value is -6.38. The molecule has 0 bridgehead atoms. The van der Waals surface area contributed by atoms with E-state index in [2.05, 4.69) is 71.7 Å². The average Bonchev–Trinajstić information content (AvgIpc) is 3.74. The number of nitrogens with one attached hydrogen (secondary N) is 3. The fourth-order valence-electron chi connectivity index (χ4n) is 10.7. The van der Waals surface area contributed by atoms with Crippen LogP contribution in [0.4, 0.5) is 27.7 Å². The molecule has 14 heteroatoms. The number of piperidine rings is 1. The number of ether oxygens (including phenoxy) is 1. The zero-order valence-corrected chi connectivity index (χ0v) is 37.0. The van der Waals surface area contributed by atoms with Gasteiger partial charge in [-0.1, -0.05) is 36.4 Å². The summed E-state index contributed by atoms with van der Waals surface area (Å²) in [5.74, 6) is 2.05. The molecule has 0 radical (unpaired) electrons. The third kappa shape index (κ3) is 9.55. The highest BCUT2D eigenvalue weighted by Crippen LogP contribution is 2.42. The number of hydrogen-bond donors (Lipinski definition) is 4. The van der Waals surface area contributed by atoms with Crippen LogP contribution in [0, 0.1) is 5.92 Å². The van der Waals surface area contributed by atoms with Gasteiger partial charge in [0.25, 0.3) is 5.91 Å². The number of nitrogens with zero attached hydrogens (tertiary/aromatic N) is 6. The SMILES string of the molecule is NC(=O)c1c(-c2ccc(Oc3ccccc3)cc2)nn2c1NCC[C@H]2C1CCC(NC2CCN(Cc3ccc(N4CCN(c5cccc(N6CCC(=O)NC6=O)c5)CC4)cc3)CC2)CC1. The Kier molecular flexibility index (Phi) is 12.4. The normalized spacial score (nSPS) is 22.0. The average molecular weight is 877 g/mol. The molecule has 1 atom stereocenters. The fourth-order valence-corrected chi connectivity index (χ4v) is 10.7. The molecule has 14 nitrogen and oxygen atoms in total. The maximum atomic E-state index is 12.9. The smallest absolute Gasteiger partial charge is 0.328 e. The lowest BCUT2D eigenvalue weighted by Gasteiger charge is -2.39. The molecule has 338 valence electrons. The lowest BCUT2D eigenvalue weighted by atomic mass is 9.79. The first-order valence-electron chi connectivity index (χ1n) is 23.6. The van der Waals surface area contributed by atoms with E-state index in [4.69, 9.17) is 15.6 Å². The Morgan fingerprint density at radius 3 is 2.09 bits per heavy atom. The number of urea groups is 1. The third-order valence-electron chi connectivity index (χ3n) is 14.2. The molecule has 5 aromatic rings. The van der Waals surface area contributed by atoms with Crippen LogP contribution in [-0.4, -0.2) is 97.0 Å². The van der Waals surface area contributed by atoms with E-state index in [1.807, 2.05) is 66.7 Å². The van der Waals surface area contributed by atoms with Crippen LogP contribution in [0.15, 0.2) is 103 Å². The van der Waals surface area contributed by atoms with Crippen LogP contribution in [0.3, 0.4) is 0 Å². The van der Waals surface area contributed by atoms with Crippen molar-refractivity contribution >= 4 is 40.7 Å². The molecule has 4 amide bonds. The highest BCUT2D eigenvalue weighted by molar-refractivity contribution is 6.06. The van der Waals surface area contributed by atoms with E-state index >= 15 is 0 Å². The quantitative estimate of drug-likeness (QED) is 0.0999. The second-order valence-electron chi connectivity index (χ2n) is 18.3. The Bertz CT molecular complexity index is 2450. The first kappa shape index (κ1) is 42.6. The molecular weight excluding hydrogens is 817 g/mol. The Morgan fingerprint density at radius 2 is 1.38 bits per heavy atom. The van der Waals surface area contributed by atoms with E-state index in [1.165, 1.54) is 24.1 Å². The minimum Gasteiger partial charge on any atom is -0.457 e. The number of likely N-dealkylation sites (tertiary alicyclic amines) is 1. The van der Waals surface area contributed by atoms with Gasteiger partial charge in [-0.2, -0.15) is 5.10 Å². The summed E-state index contributed by atoms with van der Waals surface area (Å²) in [6.45, 7) is 8.02. The number of fused-ring (bicyclic) bond motifs is 1. The molecular formula is C51H60N10O4. The zero-order chi connectivity index (χ0) is 44.3. The topological polar surface area (TPSA) is 153 Å². The third-order valence-corrected chi connectivity index (χ3v) is 14.2. The van der Waals surface area contributed by atoms with Crippen molar-refractivity contribution in [2.24, 2.45) is 11.7 Å². The number of para-hydroxylation sites is 1. The molecule has 5 N–H and O–H groups in total. The number of rotatable bonds is 12. The second-order valence-corrected chi connectivity index (χ2v) is 18.3. The van der Waals surface area contributed by atoms with Gasteiger partial charge in [-0.05, 0) is 136 Å². The first-order chi connectivity index (χ1) is 31.8. The van der Waals surface area contributed by atoms with Crippen molar-refractivity contribution in [1.29, 1.82) is 0 Å². The number of nitrogens with two attached hydrogens (primary N) is 1. The monoisotopic (exact) mass is 876 g/mol. The number of carbonyl (C=O) groups excluding carboxylic acids is 3. The highest BCUT2D eigenvalue weighted by Gasteiger charge is 2.36. The molecule has 3 saturated heterocycles. The maximum Gasteiger partial charge on any atom is 0.328 e. The van der Waals surface area contributed by atoms with Crippen molar-refractivity contribution in [3.8, 4) is 22.8 Å². The minimum atomic E-state index is -0.466. The summed E-state index contributed by atoms with van der Waals surface area (Å²) in [4.78, 5) is 46.0. The van der Waals surface area contributed by atoms with Crippen molar-refractivity contribution < 1.29 is 19.1 Å². The number of anilines is 4. The van der Waals surface area contributed by atoms with Crippen LogP contribution in [0.5, 0.6) is 11.5 Å². The standard InChI is InChI=1S/C51H60N10O4/c52-49(63)47-48(37-13-19-44(20-14-37)65-43-7-2-1-3-8-43)56-61-45(21-25-53-50(47)61)36-11-15-38(16-12-36)54-39-22-26-57(27-23-39)34-35-9-17-40(18-10-35)58-29-31-59(32-30-58)41-5-4-6-42(33-41)60-28-24-46(62)55-51(60)64/h1-10,13-14,17-20,33,36,38-39,45,53-54H,11-12,15-16,21-32,34H2,(H2,52,63)(H,55,62,64)/t36?,38?,45-/m0/s1. The zero-order valence-electron chi connectivity index (χ0n) is 37.0. The predicted molar refractivity (Wildman–Crippen MR) is 255 cm³/mol. The Labute approximate surface area is 381 Å². The second kappa shape index (κ2) is 19.0. The maximum absolute atomic E-state index is 12.9. The summed E-state index contributed by atoms with van der Waals surface area (Å²) in [7, 11) is 0. The summed E-state index contributed by atoms with van der Waals surface area (Å²) in [5, 5.41) is 15.0. The van der Waals surface area contributed by atoms with Gasteiger partial charge < -0.3 is 30.9 Å². The largest absolute Gasteiger partial charge is 0.457 e. The van der Waals surface area contributed by atoms with Gasteiger partial charge in [0, 0.05) is 86.9 Å².